The molecule has 39 heavy (non-hydrogen) atoms. The van der Waals surface area contributed by atoms with Gasteiger partial charge < -0.3 is 0 Å². The number of imidazole rings is 1. The first kappa shape index (κ1) is 26.3. The monoisotopic (exact) mass is 521 g/mol. The Labute approximate surface area is 228 Å². The van der Waals surface area contributed by atoms with E-state index in [9.17, 15) is 4.79 Å². The molecule has 3 heterocycles. The number of para-hydroxylation sites is 1. The van der Waals surface area contributed by atoms with Crippen LogP contribution in [0, 0.1) is 0 Å². The predicted molar refractivity (Wildman–Crippen MR) is 154 cm³/mol. The van der Waals surface area contributed by atoms with Crippen molar-refractivity contribution >= 4 is 0 Å². The van der Waals surface area contributed by atoms with Crippen molar-refractivity contribution in [2.24, 2.45) is 0 Å². The van der Waals surface area contributed by atoms with E-state index in [2.05, 4.69) is 96.8 Å². The molecule has 0 spiro atoms. The molecule has 0 unspecified atom stereocenters. The predicted octanol–water partition coefficient (Wildman–Crippen LogP) is 6.13. The molecule has 0 aliphatic heterocycles. The van der Waals surface area contributed by atoms with E-state index >= 15 is 0 Å². The maximum absolute atomic E-state index is 14.0. The third-order valence-corrected chi connectivity index (χ3v) is 7.11. The number of rotatable bonds is 9. The van der Waals surface area contributed by atoms with Gasteiger partial charge in [-0.3, -0.25) is 14.1 Å². The van der Waals surface area contributed by atoms with Gasteiger partial charge >= 0.3 is 5.69 Å². The molecule has 0 fully saturated rings. The highest BCUT2D eigenvalue weighted by atomic mass is 16.1. The van der Waals surface area contributed by atoms with E-state index in [4.69, 9.17) is 0 Å². The molecule has 200 valence electrons. The van der Waals surface area contributed by atoms with Crippen molar-refractivity contribution in [1.82, 2.24) is 34.7 Å². The Kier molecular flexibility index (Phi) is 7.54. The maximum Gasteiger partial charge on any atom is 0.333 e. The summed E-state index contributed by atoms with van der Waals surface area (Å²) in [5, 5.41) is 14.4. The Morgan fingerprint density at radius 2 is 1.64 bits per heavy atom. The zero-order valence-corrected chi connectivity index (χ0v) is 23.2. The van der Waals surface area contributed by atoms with Gasteiger partial charge in [0.2, 0.25) is 5.82 Å². The number of nitrogens with zero attached hydrogens (tertiary/aromatic N) is 6. The van der Waals surface area contributed by atoms with E-state index < -0.39 is 0 Å². The second-order valence-corrected chi connectivity index (χ2v) is 10.5. The van der Waals surface area contributed by atoms with Gasteiger partial charge in [-0.1, -0.05) is 83.5 Å². The number of H-pyrrole nitrogens is 1. The summed E-state index contributed by atoms with van der Waals surface area (Å²) >= 11 is 0. The average molecular weight is 522 g/mol. The van der Waals surface area contributed by atoms with Crippen LogP contribution < -0.4 is 5.69 Å². The molecule has 5 rings (SSSR count). The Balaban J connectivity index is 1.53. The second kappa shape index (κ2) is 11.2. The van der Waals surface area contributed by atoms with Crippen molar-refractivity contribution in [2.45, 2.75) is 65.8 Å². The summed E-state index contributed by atoms with van der Waals surface area (Å²) in [5.74, 6) is 1.11. The molecule has 0 atom stereocenters. The van der Waals surface area contributed by atoms with Crippen LogP contribution in [-0.4, -0.2) is 34.7 Å². The molecule has 5 aromatic rings. The summed E-state index contributed by atoms with van der Waals surface area (Å²) < 4.78 is 3.81. The molecule has 0 bridgehead atoms. The Morgan fingerprint density at radius 3 is 2.26 bits per heavy atom. The standard InChI is InChI=1S/C31H35N7O/c1-6-9-24-19-38(29-25(20(2)3)10-7-11-26(29)21(4)5)31(39)37(24)18-22-13-15-23(16-14-22)28-27(12-8-17-32-28)30-33-35-36-34-30/h7-8,10-17,19-21H,6,9,18H2,1-5H3,(H,33,34,35,36). The van der Waals surface area contributed by atoms with Crippen LogP contribution in [0.5, 0.6) is 0 Å². The Hall–Kier alpha value is -4.33. The number of aromatic nitrogens is 7. The lowest BCUT2D eigenvalue weighted by atomic mass is 9.92. The zero-order valence-electron chi connectivity index (χ0n) is 23.2. The number of aryl methyl sites for hydroxylation is 1. The van der Waals surface area contributed by atoms with Crippen LogP contribution in [0.2, 0.25) is 0 Å². The molecule has 8 nitrogen and oxygen atoms in total. The van der Waals surface area contributed by atoms with Crippen molar-refractivity contribution in [1.29, 1.82) is 0 Å². The molecule has 8 heteroatoms. The first-order valence-electron chi connectivity index (χ1n) is 13.6. The molecule has 0 saturated heterocycles. The fourth-order valence-corrected chi connectivity index (χ4v) is 5.14. The number of hydrogen-bond acceptors (Lipinski definition) is 5. The highest BCUT2D eigenvalue weighted by Crippen LogP contribution is 2.31. The molecule has 0 radical (unpaired) electrons. The minimum atomic E-state index is 0.00152. The highest BCUT2D eigenvalue weighted by molar-refractivity contribution is 5.76. The summed E-state index contributed by atoms with van der Waals surface area (Å²) in [6.45, 7) is 11.4. The molecule has 0 aliphatic carbocycles. The van der Waals surface area contributed by atoms with Gasteiger partial charge in [-0.25, -0.2) is 4.79 Å². The number of hydrogen-bond donors (Lipinski definition) is 1. The SMILES string of the molecule is CCCc1cn(-c2c(C(C)C)cccc2C(C)C)c(=O)n1Cc1ccc(-c2ncccc2-c2nn[nH]n2)cc1. The van der Waals surface area contributed by atoms with E-state index in [-0.39, 0.29) is 5.69 Å². The van der Waals surface area contributed by atoms with E-state index in [1.54, 1.807) is 6.20 Å². The van der Waals surface area contributed by atoms with E-state index in [1.807, 2.05) is 33.4 Å². The summed E-state index contributed by atoms with van der Waals surface area (Å²) in [7, 11) is 0. The summed E-state index contributed by atoms with van der Waals surface area (Å²) in [4.78, 5) is 18.5. The fraction of sp³-hybridized carbons (Fsp3) is 0.323. The minimum Gasteiger partial charge on any atom is -0.292 e. The minimum absolute atomic E-state index is 0.00152. The van der Waals surface area contributed by atoms with Crippen LogP contribution in [0.15, 0.2) is 71.8 Å². The zero-order chi connectivity index (χ0) is 27.5. The molecule has 0 aliphatic rings. The topological polar surface area (TPSA) is 94.3 Å². The summed E-state index contributed by atoms with van der Waals surface area (Å²) in [6.07, 6.45) is 5.61. The van der Waals surface area contributed by atoms with E-state index in [0.29, 0.717) is 24.2 Å². The number of benzene rings is 2. The third kappa shape index (κ3) is 5.19. The van der Waals surface area contributed by atoms with Gasteiger partial charge in [0.1, 0.15) is 0 Å². The van der Waals surface area contributed by atoms with Gasteiger partial charge in [0.15, 0.2) is 0 Å². The maximum atomic E-state index is 14.0. The quantitative estimate of drug-likeness (QED) is 0.252. The number of pyridine rings is 1. The molecule has 2 aromatic carbocycles. The second-order valence-electron chi connectivity index (χ2n) is 10.5. The molecule has 1 N–H and O–H groups in total. The molecule has 3 aromatic heterocycles. The largest absolute Gasteiger partial charge is 0.333 e. The van der Waals surface area contributed by atoms with Crippen LogP contribution in [0.1, 0.15) is 75.3 Å². The van der Waals surface area contributed by atoms with Crippen LogP contribution in [0.4, 0.5) is 0 Å². The summed E-state index contributed by atoms with van der Waals surface area (Å²) in [6, 6.07) is 18.4. The van der Waals surface area contributed by atoms with Crippen LogP contribution in [0.3, 0.4) is 0 Å². The van der Waals surface area contributed by atoms with Crippen molar-refractivity contribution in [3.63, 3.8) is 0 Å². The molecule has 0 amide bonds. The van der Waals surface area contributed by atoms with Gasteiger partial charge in [0.05, 0.1) is 17.9 Å². The summed E-state index contributed by atoms with van der Waals surface area (Å²) in [5.41, 5.74) is 8.06. The van der Waals surface area contributed by atoms with Crippen molar-refractivity contribution in [3.8, 4) is 28.3 Å². The van der Waals surface area contributed by atoms with Crippen LogP contribution >= 0.6 is 0 Å². The number of tetrazole rings is 1. The lowest BCUT2D eigenvalue weighted by Gasteiger charge is -2.19. The van der Waals surface area contributed by atoms with E-state index in [0.717, 1.165) is 46.6 Å². The Bertz CT molecular complexity index is 1580. The fourth-order valence-electron chi connectivity index (χ4n) is 5.14. The van der Waals surface area contributed by atoms with Gasteiger partial charge in [-0.15, -0.1) is 10.2 Å². The van der Waals surface area contributed by atoms with Gasteiger partial charge in [-0.2, -0.15) is 5.21 Å². The van der Waals surface area contributed by atoms with Crippen molar-refractivity contribution in [3.05, 3.63) is 99.9 Å². The van der Waals surface area contributed by atoms with Crippen molar-refractivity contribution < 1.29 is 0 Å². The van der Waals surface area contributed by atoms with Gasteiger partial charge in [0.25, 0.3) is 0 Å². The lowest BCUT2D eigenvalue weighted by molar-refractivity contribution is 0.688. The highest BCUT2D eigenvalue weighted by Gasteiger charge is 2.20. The van der Waals surface area contributed by atoms with Crippen LogP contribution in [0.25, 0.3) is 28.3 Å². The van der Waals surface area contributed by atoms with Crippen molar-refractivity contribution in [2.75, 3.05) is 0 Å². The lowest BCUT2D eigenvalue weighted by Crippen LogP contribution is -2.26. The van der Waals surface area contributed by atoms with Gasteiger partial charge in [0, 0.05) is 29.2 Å². The molecular weight excluding hydrogens is 486 g/mol. The van der Waals surface area contributed by atoms with E-state index in [1.165, 1.54) is 11.1 Å². The first-order chi connectivity index (χ1) is 18.9. The molecular formula is C31H35N7O. The van der Waals surface area contributed by atoms with Gasteiger partial charge in [-0.05, 0) is 52.3 Å². The third-order valence-electron chi connectivity index (χ3n) is 7.11. The van der Waals surface area contributed by atoms with Crippen LogP contribution in [-0.2, 0) is 13.0 Å². The Morgan fingerprint density at radius 1 is 0.923 bits per heavy atom. The average Bonchev–Trinajstić information content (AvgIpc) is 3.58. The molecule has 0 saturated carbocycles. The smallest absolute Gasteiger partial charge is 0.292 e. The number of nitrogens with one attached hydrogen (secondary N) is 1. The first-order valence-corrected chi connectivity index (χ1v) is 13.6. The normalized spacial score (nSPS) is 11.6. The number of aromatic amines is 1.